The first-order valence-electron chi connectivity index (χ1n) is 6.16. The Balaban J connectivity index is 2.36. The fourth-order valence-corrected chi connectivity index (χ4v) is 2.10. The number of para-hydroxylation sites is 1. The molecule has 1 atom stereocenters. The van der Waals surface area contributed by atoms with E-state index in [9.17, 15) is 4.79 Å². The predicted molar refractivity (Wildman–Crippen MR) is 77.1 cm³/mol. The predicted octanol–water partition coefficient (Wildman–Crippen LogP) is 2.99. The molecule has 0 saturated heterocycles. The second-order valence-electron chi connectivity index (χ2n) is 4.50. The summed E-state index contributed by atoms with van der Waals surface area (Å²) in [6.45, 7) is 4.27. The fraction of sp³-hybridized carbons (Fsp3) is 0.500. The summed E-state index contributed by atoms with van der Waals surface area (Å²) in [5.74, 6) is 1.07. The number of amides is 1. The van der Waals surface area contributed by atoms with Crippen molar-refractivity contribution in [2.45, 2.75) is 26.3 Å². The van der Waals surface area contributed by atoms with Crippen LogP contribution in [-0.2, 0) is 4.79 Å². The molecule has 1 N–H and O–H groups in total. The maximum atomic E-state index is 11.8. The number of halogens is 1. The molecule has 1 aromatic rings. The van der Waals surface area contributed by atoms with E-state index < -0.39 is 0 Å². The van der Waals surface area contributed by atoms with E-state index >= 15 is 0 Å². The summed E-state index contributed by atoms with van der Waals surface area (Å²) < 4.78 is 5.40. The minimum atomic E-state index is -0.0708. The van der Waals surface area contributed by atoms with Crippen molar-refractivity contribution in [2.24, 2.45) is 5.92 Å². The lowest BCUT2D eigenvalue weighted by Gasteiger charge is -2.21. The van der Waals surface area contributed by atoms with Crippen LogP contribution in [0.2, 0.25) is 0 Å². The van der Waals surface area contributed by atoms with E-state index in [1.54, 1.807) is 0 Å². The highest BCUT2D eigenvalue weighted by molar-refractivity contribution is 9.09. The van der Waals surface area contributed by atoms with Crippen molar-refractivity contribution in [3.8, 4) is 5.75 Å². The third-order valence-electron chi connectivity index (χ3n) is 2.68. The Bertz CT molecular complexity index is 354. The third-order valence-corrected chi connectivity index (χ3v) is 3.14. The number of hydrogen-bond donors (Lipinski definition) is 1. The summed E-state index contributed by atoms with van der Waals surface area (Å²) in [5, 5.41) is 3.88. The molecule has 0 aromatic heterocycles. The molecule has 4 heteroatoms. The third kappa shape index (κ3) is 5.54. The van der Waals surface area contributed by atoms with E-state index in [-0.39, 0.29) is 18.6 Å². The van der Waals surface area contributed by atoms with Crippen molar-refractivity contribution in [3.05, 3.63) is 30.3 Å². The molecule has 18 heavy (non-hydrogen) atoms. The molecule has 100 valence electrons. The minimum absolute atomic E-state index is 0.0650. The zero-order valence-corrected chi connectivity index (χ0v) is 12.4. The summed E-state index contributed by atoms with van der Waals surface area (Å²) in [4.78, 5) is 11.8. The van der Waals surface area contributed by atoms with Gasteiger partial charge in [-0.1, -0.05) is 48.0 Å². The number of hydrogen-bond acceptors (Lipinski definition) is 2. The molecule has 1 amide bonds. The number of rotatable bonds is 7. The highest BCUT2D eigenvalue weighted by Crippen LogP contribution is 2.09. The molecule has 1 aromatic carbocycles. The number of nitrogens with one attached hydrogen (secondary N) is 1. The van der Waals surface area contributed by atoms with E-state index in [2.05, 4.69) is 35.1 Å². The van der Waals surface area contributed by atoms with Crippen molar-refractivity contribution in [3.63, 3.8) is 0 Å². The van der Waals surface area contributed by atoms with Crippen LogP contribution in [0.5, 0.6) is 5.75 Å². The normalized spacial score (nSPS) is 12.2. The maximum Gasteiger partial charge on any atom is 0.258 e. The van der Waals surface area contributed by atoms with Gasteiger partial charge in [-0.2, -0.15) is 0 Å². The van der Waals surface area contributed by atoms with Crippen molar-refractivity contribution in [2.75, 3.05) is 11.9 Å². The van der Waals surface area contributed by atoms with Gasteiger partial charge in [0.15, 0.2) is 6.61 Å². The maximum absolute atomic E-state index is 11.8. The number of carbonyl (C=O) groups excluding carboxylic acids is 1. The molecule has 0 spiro atoms. The molecule has 0 aliphatic heterocycles. The Kier molecular flexibility index (Phi) is 6.80. The van der Waals surface area contributed by atoms with Gasteiger partial charge in [-0.25, -0.2) is 0 Å². The van der Waals surface area contributed by atoms with Crippen LogP contribution < -0.4 is 10.1 Å². The molecule has 0 fully saturated rings. The molecule has 0 bridgehead atoms. The Labute approximate surface area is 117 Å². The van der Waals surface area contributed by atoms with Crippen LogP contribution in [0.1, 0.15) is 20.3 Å². The highest BCUT2D eigenvalue weighted by atomic mass is 79.9. The zero-order valence-electron chi connectivity index (χ0n) is 10.9. The van der Waals surface area contributed by atoms with Gasteiger partial charge in [0.05, 0.1) is 0 Å². The van der Waals surface area contributed by atoms with Crippen LogP contribution in [0.15, 0.2) is 30.3 Å². The molecule has 3 nitrogen and oxygen atoms in total. The average Bonchev–Trinajstić information content (AvgIpc) is 2.37. The van der Waals surface area contributed by atoms with Crippen LogP contribution in [0, 0.1) is 5.92 Å². The molecule has 0 saturated carbocycles. The smallest absolute Gasteiger partial charge is 0.258 e. The second kappa shape index (κ2) is 8.14. The first-order valence-corrected chi connectivity index (χ1v) is 7.28. The van der Waals surface area contributed by atoms with Gasteiger partial charge in [0.1, 0.15) is 5.75 Å². The minimum Gasteiger partial charge on any atom is -0.484 e. The topological polar surface area (TPSA) is 38.3 Å². The molecule has 0 aliphatic rings. The Hall–Kier alpha value is -1.03. The van der Waals surface area contributed by atoms with E-state index in [0.717, 1.165) is 11.8 Å². The van der Waals surface area contributed by atoms with Crippen LogP contribution in [0.3, 0.4) is 0 Å². The molecular formula is C14H20BrNO2. The van der Waals surface area contributed by atoms with Crippen LogP contribution >= 0.6 is 15.9 Å². The fourth-order valence-electron chi connectivity index (χ4n) is 1.60. The van der Waals surface area contributed by atoms with E-state index in [1.807, 2.05) is 30.3 Å². The number of benzene rings is 1. The lowest BCUT2D eigenvalue weighted by Crippen LogP contribution is -2.41. The SMILES string of the molecule is CC(C)C(CCBr)NC(=O)COc1ccccc1. The largest absolute Gasteiger partial charge is 0.484 e. The molecule has 0 aliphatic carbocycles. The van der Waals surface area contributed by atoms with Gasteiger partial charge >= 0.3 is 0 Å². The quantitative estimate of drug-likeness (QED) is 0.786. The summed E-state index contributed by atoms with van der Waals surface area (Å²) >= 11 is 3.40. The van der Waals surface area contributed by atoms with Gasteiger partial charge in [-0.3, -0.25) is 4.79 Å². The lowest BCUT2D eigenvalue weighted by atomic mass is 10.0. The summed E-state index contributed by atoms with van der Waals surface area (Å²) in [6, 6.07) is 9.55. The number of alkyl halides is 1. The molecule has 0 heterocycles. The Morgan fingerprint density at radius 1 is 1.33 bits per heavy atom. The monoisotopic (exact) mass is 313 g/mol. The van der Waals surface area contributed by atoms with Gasteiger partial charge in [0, 0.05) is 11.4 Å². The molecule has 1 unspecified atom stereocenters. The number of ether oxygens (including phenoxy) is 1. The van der Waals surface area contributed by atoms with Gasteiger partial charge in [-0.05, 0) is 24.5 Å². The van der Waals surface area contributed by atoms with Gasteiger partial charge in [0.2, 0.25) is 0 Å². The van der Waals surface area contributed by atoms with Crippen molar-refractivity contribution in [1.82, 2.24) is 5.32 Å². The number of carbonyl (C=O) groups is 1. The first kappa shape index (κ1) is 15.0. The van der Waals surface area contributed by atoms with Crippen molar-refractivity contribution < 1.29 is 9.53 Å². The molecule has 1 rings (SSSR count). The van der Waals surface area contributed by atoms with Gasteiger partial charge in [0.25, 0.3) is 5.91 Å². The average molecular weight is 314 g/mol. The molecular weight excluding hydrogens is 294 g/mol. The van der Waals surface area contributed by atoms with E-state index in [4.69, 9.17) is 4.74 Å². The van der Waals surface area contributed by atoms with Gasteiger partial charge < -0.3 is 10.1 Å². The highest BCUT2D eigenvalue weighted by Gasteiger charge is 2.15. The Morgan fingerprint density at radius 2 is 2.00 bits per heavy atom. The van der Waals surface area contributed by atoms with E-state index in [0.29, 0.717) is 11.7 Å². The summed E-state index contributed by atoms with van der Waals surface area (Å²) in [7, 11) is 0. The van der Waals surface area contributed by atoms with Crippen molar-refractivity contribution >= 4 is 21.8 Å². The molecule has 0 radical (unpaired) electrons. The zero-order chi connectivity index (χ0) is 13.4. The van der Waals surface area contributed by atoms with Crippen LogP contribution in [-0.4, -0.2) is 23.9 Å². The van der Waals surface area contributed by atoms with Crippen molar-refractivity contribution in [1.29, 1.82) is 0 Å². The second-order valence-corrected chi connectivity index (χ2v) is 5.29. The first-order chi connectivity index (χ1) is 8.63. The van der Waals surface area contributed by atoms with Gasteiger partial charge in [-0.15, -0.1) is 0 Å². The summed E-state index contributed by atoms with van der Waals surface area (Å²) in [5.41, 5.74) is 0. The van der Waals surface area contributed by atoms with E-state index in [1.165, 1.54) is 0 Å². The summed E-state index contributed by atoms with van der Waals surface area (Å²) in [6.07, 6.45) is 0.925. The van der Waals surface area contributed by atoms with Crippen LogP contribution in [0.4, 0.5) is 0 Å². The van der Waals surface area contributed by atoms with Crippen LogP contribution in [0.25, 0.3) is 0 Å². The lowest BCUT2D eigenvalue weighted by molar-refractivity contribution is -0.124. The standard InChI is InChI=1S/C14H20BrNO2/c1-11(2)13(8-9-15)16-14(17)10-18-12-6-4-3-5-7-12/h3-7,11,13H,8-10H2,1-2H3,(H,16,17). The Morgan fingerprint density at radius 3 is 2.56 bits per heavy atom.